The number of ether oxygens (including phenoxy) is 1. The zero-order valence-corrected chi connectivity index (χ0v) is 23.5. The lowest BCUT2D eigenvalue weighted by atomic mass is 9.90. The molecule has 0 bridgehead atoms. The second-order valence-corrected chi connectivity index (χ2v) is 11.1. The van der Waals surface area contributed by atoms with Gasteiger partial charge < -0.3 is 20.7 Å². The fourth-order valence-corrected chi connectivity index (χ4v) is 6.12. The van der Waals surface area contributed by atoms with E-state index in [9.17, 15) is 13.2 Å². The Bertz CT molecular complexity index is 1510. The Labute approximate surface area is 242 Å². The van der Waals surface area contributed by atoms with Gasteiger partial charge in [-0.1, -0.05) is 30.3 Å². The summed E-state index contributed by atoms with van der Waals surface area (Å²) in [6.45, 7) is 4.67. The number of nitrogens with one attached hydrogen (secondary N) is 1. The predicted octanol–water partition coefficient (Wildman–Crippen LogP) is 5.32. The first kappa shape index (κ1) is 28.2. The van der Waals surface area contributed by atoms with Gasteiger partial charge in [-0.2, -0.15) is 5.10 Å². The van der Waals surface area contributed by atoms with E-state index in [1.54, 1.807) is 12.1 Å². The number of nitrogens with two attached hydrogens (primary N) is 1. The van der Waals surface area contributed by atoms with Crippen molar-refractivity contribution in [1.29, 1.82) is 0 Å². The maximum absolute atomic E-state index is 12.8. The van der Waals surface area contributed by atoms with Crippen LogP contribution in [0.4, 0.5) is 24.7 Å². The molecule has 0 spiro atoms. The average Bonchev–Trinajstić information content (AvgIpc) is 3.38. The SMILES string of the molecule is CN1CCN([C@H]2CC[C@@H](n3nc(-c4ccc(NCc5ccccc5OC(F)(F)F)cc4)c4c(N)ncnc43)CC2)CC1. The highest BCUT2D eigenvalue weighted by molar-refractivity contribution is 5.98. The van der Waals surface area contributed by atoms with Crippen molar-refractivity contribution in [3.05, 3.63) is 60.4 Å². The number of fused-ring (bicyclic) bond motifs is 1. The summed E-state index contributed by atoms with van der Waals surface area (Å²) in [4.78, 5) is 13.9. The molecular weight excluding hydrogens is 545 g/mol. The van der Waals surface area contributed by atoms with Gasteiger partial charge in [-0.25, -0.2) is 14.6 Å². The van der Waals surface area contributed by atoms with Gasteiger partial charge in [0.05, 0.1) is 11.4 Å². The van der Waals surface area contributed by atoms with Gasteiger partial charge >= 0.3 is 6.36 Å². The van der Waals surface area contributed by atoms with Crippen LogP contribution in [0, 0.1) is 0 Å². The van der Waals surface area contributed by atoms with E-state index in [1.165, 1.54) is 18.5 Å². The Morgan fingerprint density at radius 1 is 0.929 bits per heavy atom. The third-order valence-corrected chi connectivity index (χ3v) is 8.42. The minimum Gasteiger partial charge on any atom is -0.405 e. The molecule has 42 heavy (non-hydrogen) atoms. The number of para-hydroxylation sites is 1. The molecule has 0 unspecified atom stereocenters. The van der Waals surface area contributed by atoms with Crippen molar-refractivity contribution in [2.45, 2.75) is 50.7 Å². The van der Waals surface area contributed by atoms with Gasteiger partial charge in [-0.3, -0.25) is 4.90 Å². The molecule has 4 aromatic rings. The van der Waals surface area contributed by atoms with Crippen molar-refractivity contribution in [2.24, 2.45) is 0 Å². The normalized spacial score (nSPS) is 20.6. The predicted molar refractivity (Wildman–Crippen MR) is 156 cm³/mol. The van der Waals surface area contributed by atoms with E-state index in [4.69, 9.17) is 10.8 Å². The number of likely N-dealkylation sites (N-methyl/N-ethyl adjacent to an activating group) is 1. The Morgan fingerprint density at radius 2 is 1.62 bits per heavy atom. The summed E-state index contributed by atoms with van der Waals surface area (Å²) in [6, 6.07) is 14.5. The molecule has 6 rings (SSSR count). The van der Waals surface area contributed by atoms with Gasteiger partial charge in [-0.15, -0.1) is 13.2 Å². The van der Waals surface area contributed by atoms with Crippen LogP contribution in [0.2, 0.25) is 0 Å². The number of nitrogens with zero attached hydrogens (tertiary/aromatic N) is 6. The quantitative estimate of drug-likeness (QED) is 0.303. The molecule has 2 aromatic heterocycles. The van der Waals surface area contributed by atoms with E-state index in [1.807, 2.05) is 28.9 Å². The molecule has 0 amide bonds. The molecule has 1 saturated carbocycles. The van der Waals surface area contributed by atoms with Crippen LogP contribution in [0.5, 0.6) is 5.75 Å². The van der Waals surface area contributed by atoms with Crippen LogP contribution in [-0.4, -0.2) is 75.2 Å². The number of benzene rings is 2. The topological polar surface area (TPSA) is 97.4 Å². The van der Waals surface area contributed by atoms with E-state index in [2.05, 4.69) is 36.9 Å². The van der Waals surface area contributed by atoms with Crippen LogP contribution in [0.25, 0.3) is 22.3 Å². The van der Waals surface area contributed by atoms with E-state index >= 15 is 0 Å². The zero-order valence-electron chi connectivity index (χ0n) is 23.5. The van der Waals surface area contributed by atoms with Crippen molar-refractivity contribution in [2.75, 3.05) is 44.3 Å². The molecular formula is C30H35F3N8O. The molecule has 222 valence electrons. The monoisotopic (exact) mass is 580 g/mol. The highest BCUT2D eigenvalue weighted by atomic mass is 19.4. The van der Waals surface area contributed by atoms with E-state index in [0.717, 1.165) is 79.8 Å². The molecule has 3 N–H and O–H groups in total. The number of hydrogen-bond donors (Lipinski definition) is 2. The first-order valence-electron chi connectivity index (χ1n) is 14.3. The standard InChI is InChI=1S/C30H35F3N8O/c1-39-14-16-40(17-15-39)23-10-12-24(13-11-23)41-29-26(28(34)36-19-37-29)27(38-41)20-6-8-22(9-7-20)35-18-21-4-2-3-5-25(21)42-30(31,32)33/h2-9,19,23-24,35H,10-18H2,1H3,(H2,34,36,37)/t23-,24+. The highest BCUT2D eigenvalue weighted by Crippen LogP contribution is 2.37. The van der Waals surface area contributed by atoms with Gasteiger partial charge in [0.25, 0.3) is 0 Å². The van der Waals surface area contributed by atoms with Crippen molar-refractivity contribution in [3.8, 4) is 17.0 Å². The van der Waals surface area contributed by atoms with E-state index in [-0.39, 0.29) is 18.3 Å². The van der Waals surface area contributed by atoms with Gasteiger partial charge in [0.1, 0.15) is 23.6 Å². The number of alkyl halides is 3. The summed E-state index contributed by atoms with van der Waals surface area (Å²) in [5, 5.41) is 8.94. The summed E-state index contributed by atoms with van der Waals surface area (Å²) < 4.78 is 44.6. The lowest BCUT2D eigenvalue weighted by Gasteiger charge is -2.41. The smallest absolute Gasteiger partial charge is 0.405 e. The third kappa shape index (κ3) is 6.14. The molecule has 2 aromatic carbocycles. The maximum atomic E-state index is 12.8. The molecule has 2 fully saturated rings. The molecule has 3 heterocycles. The van der Waals surface area contributed by atoms with Crippen molar-refractivity contribution < 1.29 is 17.9 Å². The van der Waals surface area contributed by atoms with Crippen LogP contribution in [0.15, 0.2) is 54.9 Å². The lowest BCUT2D eigenvalue weighted by molar-refractivity contribution is -0.274. The summed E-state index contributed by atoms with van der Waals surface area (Å²) in [7, 11) is 2.18. The Hall–Kier alpha value is -3.90. The van der Waals surface area contributed by atoms with Crippen LogP contribution in [0.3, 0.4) is 0 Å². The summed E-state index contributed by atoms with van der Waals surface area (Å²) in [6.07, 6.45) is 1.05. The molecule has 0 atom stereocenters. The fourth-order valence-electron chi connectivity index (χ4n) is 6.12. The number of hydrogen-bond acceptors (Lipinski definition) is 8. The average molecular weight is 581 g/mol. The van der Waals surface area contributed by atoms with Crippen LogP contribution in [-0.2, 0) is 6.54 Å². The number of nitrogen functional groups attached to an aromatic ring is 1. The van der Waals surface area contributed by atoms with Crippen LogP contribution >= 0.6 is 0 Å². The van der Waals surface area contributed by atoms with Crippen molar-refractivity contribution >= 4 is 22.5 Å². The molecule has 0 radical (unpaired) electrons. The number of rotatable bonds is 7. The number of anilines is 2. The Morgan fingerprint density at radius 3 is 2.33 bits per heavy atom. The minimum absolute atomic E-state index is 0.167. The van der Waals surface area contributed by atoms with Gasteiger partial charge in [0, 0.05) is 55.6 Å². The summed E-state index contributed by atoms with van der Waals surface area (Å²) >= 11 is 0. The lowest BCUT2D eigenvalue weighted by Crippen LogP contribution is -2.49. The summed E-state index contributed by atoms with van der Waals surface area (Å²) in [5.41, 5.74) is 9.81. The van der Waals surface area contributed by atoms with Gasteiger partial charge in [0.2, 0.25) is 0 Å². The molecule has 1 saturated heterocycles. The second kappa shape index (κ2) is 11.8. The Balaban J connectivity index is 1.18. The highest BCUT2D eigenvalue weighted by Gasteiger charge is 2.32. The second-order valence-electron chi connectivity index (χ2n) is 11.1. The van der Waals surface area contributed by atoms with Crippen molar-refractivity contribution in [3.63, 3.8) is 0 Å². The molecule has 1 aliphatic carbocycles. The van der Waals surface area contributed by atoms with E-state index in [0.29, 0.717) is 17.4 Å². The number of aromatic nitrogens is 4. The molecule has 12 heteroatoms. The molecule has 2 aliphatic rings. The fraction of sp³-hybridized carbons (Fsp3) is 0.433. The van der Waals surface area contributed by atoms with E-state index < -0.39 is 6.36 Å². The Kier molecular flexibility index (Phi) is 7.91. The molecule has 9 nitrogen and oxygen atoms in total. The van der Waals surface area contributed by atoms with Crippen LogP contribution < -0.4 is 15.8 Å². The zero-order chi connectivity index (χ0) is 29.3. The first-order valence-corrected chi connectivity index (χ1v) is 14.3. The minimum atomic E-state index is -4.75. The van der Waals surface area contributed by atoms with Gasteiger partial charge in [-0.05, 0) is 50.9 Å². The summed E-state index contributed by atoms with van der Waals surface area (Å²) in [5.74, 6) is 0.162. The van der Waals surface area contributed by atoms with Crippen molar-refractivity contribution in [1.82, 2.24) is 29.5 Å². The largest absolute Gasteiger partial charge is 0.573 e. The maximum Gasteiger partial charge on any atom is 0.573 e. The van der Waals surface area contributed by atoms with Gasteiger partial charge in [0.15, 0.2) is 5.65 Å². The molecule has 1 aliphatic heterocycles. The first-order chi connectivity index (χ1) is 20.2. The van der Waals surface area contributed by atoms with Crippen LogP contribution in [0.1, 0.15) is 37.3 Å². The number of halogens is 3. The number of piperazine rings is 1. The third-order valence-electron chi connectivity index (χ3n) is 8.42.